The Labute approximate surface area is 177 Å². The molecule has 0 amide bonds. The molecule has 0 unspecified atom stereocenters. The van der Waals surface area contributed by atoms with Crippen molar-refractivity contribution in [3.63, 3.8) is 0 Å². The Morgan fingerprint density at radius 2 is 2.10 bits per heavy atom. The fraction of sp³-hybridized carbons (Fsp3) is 0.318. The molecule has 1 aromatic carbocycles. The van der Waals surface area contributed by atoms with E-state index in [0.717, 1.165) is 40.4 Å². The molecule has 6 nitrogen and oxygen atoms in total. The maximum Gasteiger partial charge on any atom is 0.314 e. The smallest absolute Gasteiger partial charge is 0.314 e. The number of carbonyl (C=O) groups is 1. The van der Waals surface area contributed by atoms with Gasteiger partial charge in [-0.25, -0.2) is 9.07 Å². The van der Waals surface area contributed by atoms with Crippen LogP contribution in [0.15, 0.2) is 53.3 Å². The van der Waals surface area contributed by atoms with Gasteiger partial charge < -0.3 is 5.11 Å². The number of hydrogen-bond donors (Lipinski definition) is 1. The standard InChI is InChI=1S/C22H21FN4O2S/c1-26-9-8-20(25-26)30-18-7-2-15-10-19-14(11-22(15,12-18)21(28)29)13-24-27(19)17-5-3-16(23)4-6-17/h3-6,8-10,13,18H,2,7,11-12H2,1H3,(H,28,29)/t18-,22-/m0/s1. The van der Waals surface area contributed by atoms with Gasteiger partial charge >= 0.3 is 5.97 Å². The second-order valence-corrected chi connectivity index (χ2v) is 9.31. The van der Waals surface area contributed by atoms with Crippen molar-refractivity contribution in [3.05, 3.63) is 65.4 Å². The zero-order valence-corrected chi connectivity index (χ0v) is 17.3. The highest BCUT2D eigenvalue weighted by atomic mass is 32.2. The number of aliphatic carboxylic acids is 1. The van der Waals surface area contributed by atoms with Crippen molar-refractivity contribution in [2.75, 3.05) is 0 Å². The van der Waals surface area contributed by atoms with Crippen LogP contribution in [-0.4, -0.2) is 35.9 Å². The number of carboxylic acid groups (broad SMARTS) is 1. The summed E-state index contributed by atoms with van der Waals surface area (Å²) in [5.41, 5.74) is 2.60. The lowest BCUT2D eigenvalue weighted by Crippen LogP contribution is -2.42. The van der Waals surface area contributed by atoms with Crippen LogP contribution >= 0.6 is 11.8 Å². The van der Waals surface area contributed by atoms with Gasteiger partial charge in [0.05, 0.1) is 23.0 Å². The number of benzene rings is 1. The van der Waals surface area contributed by atoms with Gasteiger partial charge in [-0.1, -0.05) is 5.57 Å². The molecular formula is C22H21FN4O2S. The van der Waals surface area contributed by atoms with Crippen LogP contribution in [-0.2, 0) is 18.3 Å². The predicted octanol–water partition coefficient (Wildman–Crippen LogP) is 4.10. The van der Waals surface area contributed by atoms with Gasteiger partial charge in [-0.3, -0.25) is 9.48 Å². The molecule has 3 aromatic rings. The monoisotopic (exact) mass is 424 g/mol. The normalized spacial score (nSPS) is 22.9. The number of hydrogen-bond acceptors (Lipinski definition) is 4. The Kier molecular flexibility index (Phi) is 4.54. The van der Waals surface area contributed by atoms with Crippen LogP contribution in [0.1, 0.15) is 30.5 Å². The zero-order valence-electron chi connectivity index (χ0n) is 16.5. The van der Waals surface area contributed by atoms with E-state index in [1.165, 1.54) is 12.1 Å². The summed E-state index contributed by atoms with van der Waals surface area (Å²) < 4.78 is 16.8. The van der Waals surface area contributed by atoms with Gasteiger partial charge in [0.2, 0.25) is 0 Å². The average molecular weight is 425 g/mol. The van der Waals surface area contributed by atoms with Crippen LogP contribution in [0.2, 0.25) is 0 Å². The summed E-state index contributed by atoms with van der Waals surface area (Å²) in [6.45, 7) is 0. The molecule has 8 heteroatoms. The maximum atomic E-state index is 13.3. The third-order valence-electron chi connectivity index (χ3n) is 6.07. The van der Waals surface area contributed by atoms with Crippen LogP contribution < -0.4 is 0 Å². The molecule has 2 aliphatic rings. The Balaban J connectivity index is 1.48. The molecule has 0 radical (unpaired) electrons. The topological polar surface area (TPSA) is 72.9 Å². The molecular weight excluding hydrogens is 403 g/mol. The van der Waals surface area contributed by atoms with Crippen LogP contribution in [0.5, 0.6) is 0 Å². The number of fused-ring (bicyclic) bond motifs is 2. The minimum Gasteiger partial charge on any atom is -0.481 e. The highest BCUT2D eigenvalue weighted by Crippen LogP contribution is 2.51. The van der Waals surface area contributed by atoms with E-state index in [0.29, 0.717) is 12.8 Å². The average Bonchev–Trinajstić information content (AvgIpc) is 3.32. The van der Waals surface area contributed by atoms with Gasteiger partial charge in [-0.2, -0.15) is 10.2 Å². The van der Waals surface area contributed by atoms with E-state index in [9.17, 15) is 14.3 Å². The Morgan fingerprint density at radius 3 is 2.80 bits per heavy atom. The number of thioether (sulfide) groups is 1. The van der Waals surface area contributed by atoms with E-state index in [-0.39, 0.29) is 11.1 Å². The predicted molar refractivity (Wildman–Crippen MR) is 112 cm³/mol. The van der Waals surface area contributed by atoms with Crippen molar-refractivity contribution in [2.45, 2.75) is 36.0 Å². The molecule has 1 saturated carbocycles. The van der Waals surface area contributed by atoms with Crippen LogP contribution in [0.3, 0.4) is 0 Å². The molecule has 1 N–H and O–H groups in total. The first kappa shape index (κ1) is 19.1. The van der Waals surface area contributed by atoms with Crippen LogP contribution in [0, 0.1) is 11.2 Å². The first-order valence-electron chi connectivity index (χ1n) is 9.88. The molecule has 0 bridgehead atoms. The highest BCUT2D eigenvalue weighted by molar-refractivity contribution is 7.99. The van der Waals surface area contributed by atoms with Gasteiger partial charge in [0.25, 0.3) is 0 Å². The van der Waals surface area contributed by atoms with E-state index >= 15 is 0 Å². The summed E-state index contributed by atoms with van der Waals surface area (Å²) in [6, 6.07) is 8.14. The number of rotatable bonds is 4. The fourth-order valence-electron chi connectivity index (χ4n) is 4.56. The number of aryl methyl sites for hydroxylation is 1. The molecule has 0 aliphatic heterocycles. The quantitative estimate of drug-likeness (QED) is 0.683. The largest absolute Gasteiger partial charge is 0.481 e. The first-order chi connectivity index (χ1) is 14.4. The molecule has 2 aliphatic carbocycles. The van der Waals surface area contributed by atoms with Crippen molar-refractivity contribution in [1.29, 1.82) is 0 Å². The van der Waals surface area contributed by atoms with Gasteiger partial charge in [0.1, 0.15) is 10.8 Å². The number of carboxylic acids is 1. The number of aromatic nitrogens is 4. The number of halogens is 1. The molecule has 1 fully saturated rings. The summed E-state index contributed by atoms with van der Waals surface area (Å²) in [5.74, 6) is -1.08. The Hall–Kier alpha value is -2.87. The molecule has 2 aromatic heterocycles. The Bertz CT molecular complexity index is 1150. The van der Waals surface area contributed by atoms with Crippen molar-refractivity contribution >= 4 is 23.8 Å². The highest BCUT2D eigenvalue weighted by Gasteiger charge is 2.49. The molecule has 154 valence electrons. The summed E-state index contributed by atoms with van der Waals surface area (Å²) in [7, 11) is 1.88. The maximum absolute atomic E-state index is 13.3. The van der Waals surface area contributed by atoms with Gasteiger partial charge in [-0.15, -0.1) is 11.8 Å². The van der Waals surface area contributed by atoms with E-state index in [2.05, 4.69) is 10.2 Å². The van der Waals surface area contributed by atoms with Crippen molar-refractivity contribution in [2.24, 2.45) is 12.5 Å². The Morgan fingerprint density at radius 1 is 1.30 bits per heavy atom. The minimum atomic E-state index is -0.908. The van der Waals surface area contributed by atoms with E-state index < -0.39 is 11.4 Å². The molecule has 0 saturated heterocycles. The summed E-state index contributed by atoms with van der Waals surface area (Å²) in [4.78, 5) is 12.5. The minimum absolute atomic E-state index is 0.196. The zero-order chi connectivity index (χ0) is 20.9. The lowest BCUT2D eigenvalue weighted by molar-refractivity contribution is -0.147. The SMILES string of the molecule is Cn1ccc(S[C@H]2CCC3=Cc4c(cnn4-c4ccc(F)cc4)C[C@]3(C(=O)O)C2)n1. The third-order valence-corrected chi connectivity index (χ3v) is 7.27. The van der Waals surface area contributed by atoms with E-state index in [1.807, 2.05) is 25.4 Å². The van der Waals surface area contributed by atoms with Gasteiger partial charge in [-0.05, 0) is 67.7 Å². The van der Waals surface area contributed by atoms with Gasteiger partial charge in [0.15, 0.2) is 0 Å². The first-order valence-corrected chi connectivity index (χ1v) is 10.8. The van der Waals surface area contributed by atoms with Crippen LogP contribution in [0.25, 0.3) is 11.8 Å². The van der Waals surface area contributed by atoms with Gasteiger partial charge in [0, 0.05) is 18.5 Å². The molecule has 30 heavy (non-hydrogen) atoms. The number of nitrogens with zero attached hydrogens (tertiary/aromatic N) is 4. The van der Waals surface area contributed by atoms with Crippen molar-refractivity contribution < 1.29 is 14.3 Å². The van der Waals surface area contributed by atoms with Crippen molar-refractivity contribution in [3.8, 4) is 5.69 Å². The third kappa shape index (κ3) is 3.15. The molecule has 2 atom stereocenters. The second-order valence-electron chi connectivity index (χ2n) is 7.99. The van der Waals surface area contributed by atoms with E-state index in [4.69, 9.17) is 0 Å². The van der Waals surface area contributed by atoms with E-state index in [1.54, 1.807) is 39.5 Å². The summed E-state index contributed by atoms with van der Waals surface area (Å²) in [6.07, 6.45) is 8.25. The van der Waals surface area contributed by atoms with Crippen molar-refractivity contribution in [1.82, 2.24) is 19.6 Å². The fourth-order valence-corrected chi connectivity index (χ4v) is 5.82. The lowest BCUT2D eigenvalue weighted by atomic mass is 9.64. The molecule has 5 rings (SSSR count). The lowest BCUT2D eigenvalue weighted by Gasteiger charge is -2.41. The summed E-state index contributed by atoms with van der Waals surface area (Å²) in [5, 5.41) is 20.3. The molecule has 0 spiro atoms. The van der Waals surface area contributed by atoms with Crippen LogP contribution in [0.4, 0.5) is 4.39 Å². The molecule has 2 heterocycles. The summed E-state index contributed by atoms with van der Waals surface area (Å²) >= 11 is 1.66. The second kappa shape index (κ2) is 7.12.